The highest BCUT2D eigenvalue weighted by molar-refractivity contribution is 8.76. The number of esters is 3. The van der Waals surface area contributed by atoms with Crippen LogP contribution < -0.4 is 0 Å². The summed E-state index contributed by atoms with van der Waals surface area (Å²) >= 11 is 0. The molecular weight excluding hydrogens is 1130 g/mol. The minimum atomic E-state index is -0.0315. The molecule has 0 rings (SSSR count). The summed E-state index contributed by atoms with van der Waals surface area (Å²) in [4.78, 5) is 56.0. The Morgan fingerprint density at radius 2 is 0.591 bits per heavy atom. The molecule has 0 aliphatic rings. The van der Waals surface area contributed by atoms with Crippen molar-refractivity contribution in [3.05, 3.63) is 0 Å². The Morgan fingerprint density at radius 3 is 0.920 bits per heavy atom. The number of carbonyl (C=O) groups excluding carboxylic acids is 4. The van der Waals surface area contributed by atoms with E-state index in [4.69, 9.17) is 14.2 Å². The molecule has 0 aliphatic carbocycles. The quantitative estimate of drug-likeness (QED) is 0.0271. The van der Waals surface area contributed by atoms with Gasteiger partial charge in [-0.3, -0.25) is 19.2 Å². The molecule has 1 amide bonds. The van der Waals surface area contributed by atoms with Gasteiger partial charge in [0.15, 0.2) is 0 Å². The van der Waals surface area contributed by atoms with Crippen molar-refractivity contribution >= 4 is 45.4 Å². The van der Waals surface area contributed by atoms with Gasteiger partial charge in [0, 0.05) is 63.4 Å². The number of aliphatic hydroxyl groups excluding tert-OH is 1. The summed E-state index contributed by atoms with van der Waals surface area (Å²) in [6.45, 7) is 20.3. The lowest BCUT2D eigenvalue weighted by molar-refractivity contribution is -0.145. The van der Waals surface area contributed by atoms with Crippen molar-refractivity contribution in [3.63, 3.8) is 0 Å². The second kappa shape index (κ2) is 69.8. The molecule has 0 saturated heterocycles. The highest BCUT2D eigenvalue weighted by Gasteiger charge is 2.16. The van der Waals surface area contributed by atoms with Gasteiger partial charge in [-0.15, -0.1) is 0 Å². The molecule has 0 spiro atoms. The second-order valence-electron chi connectivity index (χ2n) is 26.6. The molecular formula is C76H148N2O8S2. The fourth-order valence-electron chi connectivity index (χ4n) is 12.4. The third-order valence-corrected chi connectivity index (χ3v) is 20.9. The molecule has 0 radical (unpaired) electrons. The largest absolute Gasteiger partial charge is 0.466 e. The van der Waals surface area contributed by atoms with E-state index < -0.39 is 0 Å². The van der Waals surface area contributed by atoms with E-state index in [1.165, 1.54) is 180 Å². The zero-order valence-corrected chi connectivity index (χ0v) is 60.9. The number of carbonyl (C=O) groups is 4. The van der Waals surface area contributed by atoms with E-state index in [9.17, 15) is 24.3 Å². The maximum atomic E-state index is 13.7. The molecule has 1 N–H and O–H groups in total. The smallest absolute Gasteiger partial charge is 0.305 e. The molecule has 0 aromatic heterocycles. The summed E-state index contributed by atoms with van der Waals surface area (Å²) in [5, 5.41) is 9.59. The average Bonchev–Trinajstić information content (AvgIpc) is 3.52. The highest BCUT2D eigenvalue weighted by atomic mass is 33.1. The fourth-order valence-corrected chi connectivity index (χ4v) is 14.6. The lowest BCUT2D eigenvalue weighted by Gasteiger charge is -2.23. The van der Waals surface area contributed by atoms with E-state index in [2.05, 4.69) is 51.3 Å². The summed E-state index contributed by atoms with van der Waals surface area (Å²) in [7, 11) is 3.84. The minimum absolute atomic E-state index is 0.0153. The van der Waals surface area contributed by atoms with Crippen molar-refractivity contribution in [2.75, 3.05) is 70.7 Å². The van der Waals surface area contributed by atoms with E-state index in [1.54, 1.807) is 0 Å². The van der Waals surface area contributed by atoms with Gasteiger partial charge in [0.25, 0.3) is 0 Å². The van der Waals surface area contributed by atoms with Crippen LogP contribution >= 0.6 is 21.6 Å². The van der Waals surface area contributed by atoms with Gasteiger partial charge in [-0.05, 0) is 108 Å². The van der Waals surface area contributed by atoms with Crippen LogP contribution in [-0.4, -0.2) is 109 Å². The summed E-state index contributed by atoms with van der Waals surface area (Å²) in [6.07, 6.45) is 58.2. The minimum Gasteiger partial charge on any atom is -0.466 e. The Kier molecular flexibility index (Phi) is 68.6. The average molecular weight is 1280 g/mol. The van der Waals surface area contributed by atoms with Crippen LogP contribution in [-0.2, 0) is 33.4 Å². The Balaban J connectivity index is 4.74. The van der Waals surface area contributed by atoms with Gasteiger partial charge in [0.1, 0.15) is 0 Å². The number of aliphatic hydroxyl groups is 1. The van der Waals surface area contributed by atoms with Gasteiger partial charge in [-0.2, -0.15) is 0 Å². The van der Waals surface area contributed by atoms with Crippen molar-refractivity contribution in [1.29, 1.82) is 0 Å². The van der Waals surface area contributed by atoms with Crippen LogP contribution in [0.4, 0.5) is 0 Å². The zero-order valence-electron chi connectivity index (χ0n) is 59.3. The van der Waals surface area contributed by atoms with Crippen molar-refractivity contribution in [2.24, 2.45) is 17.8 Å². The van der Waals surface area contributed by atoms with Crippen molar-refractivity contribution in [2.45, 2.75) is 375 Å². The van der Waals surface area contributed by atoms with E-state index in [0.29, 0.717) is 69.2 Å². The van der Waals surface area contributed by atoms with Gasteiger partial charge in [-0.1, -0.05) is 294 Å². The van der Waals surface area contributed by atoms with Crippen molar-refractivity contribution in [3.8, 4) is 0 Å². The molecule has 0 aromatic rings. The number of ether oxygens (including phenoxy) is 3. The second-order valence-corrected chi connectivity index (χ2v) is 29.3. The normalized spacial score (nSPS) is 11.7. The highest BCUT2D eigenvalue weighted by Crippen LogP contribution is 2.26. The molecule has 0 atom stereocenters. The van der Waals surface area contributed by atoms with E-state index >= 15 is 0 Å². The molecule has 0 heterocycles. The first-order chi connectivity index (χ1) is 43.2. The predicted octanol–water partition coefficient (Wildman–Crippen LogP) is 22.4. The standard InChI is InChI=1S/C76H148N2O8S2/c1-7-13-31-46-70(47-32-14-8-2)56-65-84-74(81)53-37-25-19-22-28-40-59-77(60-44-64-79)61-45-69-88-87-68-43-52-73(80)78(62-41-29-23-20-26-38-54-75(82)85-66-57-71(48-33-15-9-3)49-34-16-10-4)63-42-30-24-21-27-39-55-76(83)86-67-58-72(50-35-17-11-5)51-36-18-12-6/h70-72,79H,7-69H2,1-6H3. The third kappa shape index (κ3) is 60.7. The molecule has 0 bridgehead atoms. The van der Waals surface area contributed by atoms with Gasteiger partial charge in [-0.25, -0.2) is 0 Å². The van der Waals surface area contributed by atoms with Crippen LogP contribution in [0, 0.1) is 17.8 Å². The van der Waals surface area contributed by atoms with Gasteiger partial charge >= 0.3 is 17.9 Å². The maximum Gasteiger partial charge on any atom is 0.305 e. The number of rotatable bonds is 72. The van der Waals surface area contributed by atoms with E-state index in [0.717, 1.165) is 173 Å². The summed E-state index contributed by atoms with van der Waals surface area (Å²) in [6, 6.07) is 0. The molecule has 0 aromatic carbocycles. The number of amides is 1. The molecule has 88 heavy (non-hydrogen) atoms. The Hall–Kier alpha value is -1.50. The van der Waals surface area contributed by atoms with Gasteiger partial charge < -0.3 is 29.1 Å². The monoisotopic (exact) mass is 1280 g/mol. The first-order valence-electron chi connectivity index (χ1n) is 38.5. The van der Waals surface area contributed by atoms with Crippen LogP contribution in [0.15, 0.2) is 0 Å². The first-order valence-corrected chi connectivity index (χ1v) is 41.0. The van der Waals surface area contributed by atoms with Crippen LogP contribution in [0.3, 0.4) is 0 Å². The molecule has 0 aliphatic heterocycles. The number of unbranched alkanes of at least 4 members (excludes halogenated alkanes) is 27. The zero-order chi connectivity index (χ0) is 64.3. The lowest BCUT2D eigenvalue weighted by atomic mass is 9.92. The van der Waals surface area contributed by atoms with Gasteiger partial charge in [0.05, 0.1) is 19.8 Å². The Bertz CT molecular complexity index is 1400. The van der Waals surface area contributed by atoms with Crippen molar-refractivity contribution < 1.29 is 38.5 Å². The number of hydrogen-bond donors (Lipinski definition) is 1. The molecule has 12 heteroatoms. The fraction of sp³-hybridized carbons (Fsp3) is 0.947. The first kappa shape index (κ1) is 86.5. The molecule has 10 nitrogen and oxygen atoms in total. The van der Waals surface area contributed by atoms with Crippen LogP contribution in [0.2, 0.25) is 0 Å². The summed E-state index contributed by atoms with van der Waals surface area (Å²) in [5.41, 5.74) is 0. The lowest BCUT2D eigenvalue weighted by Crippen LogP contribution is -2.33. The molecule has 0 unspecified atom stereocenters. The SMILES string of the molecule is CCCCCC(CCCCC)CCOC(=O)CCCCCCCCN(CCCO)CCCSSCCCC(=O)N(CCCCCCCCC(=O)OCCC(CCCCC)CCCCC)CCCCCCCCC(=O)OCCC(CCCCC)CCCCC. The van der Waals surface area contributed by atoms with Gasteiger partial charge in [0.2, 0.25) is 5.91 Å². The molecule has 0 saturated carbocycles. The molecule has 0 fully saturated rings. The number of hydrogen-bond acceptors (Lipinski definition) is 11. The van der Waals surface area contributed by atoms with E-state index in [-0.39, 0.29) is 24.5 Å². The maximum absolute atomic E-state index is 13.7. The number of nitrogens with zero attached hydrogens (tertiary/aromatic N) is 2. The predicted molar refractivity (Wildman–Crippen MR) is 382 cm³/mol. The summed E-state index contributed by atoms with van der Waals surface area (Å²) < 4.78 is 17.1. The Labute approximate surface area is 554 Å². The topological polar surface area (TPSA) is 123 Å². The van der Waals surface area contributed by atoms with Crippen molar-refractivity contribution in [1.82, 2.24) is 9.80 Å². The van der Waals surface area contributed by atoms with Crippen LogP contribution in [0.25, 0.3) is 0 Å². The van der Waals surface area contributed by atoms with E-state index in [1.807, 2.05) is 21.6 Å². The Morgan fingerprint density at radius 1 is 0.307 bits per heavy atom. The third-order valence-electron chi connectivity index (χ3n) is 18.3. The van der Waals surface area contributed by atoms with Crippen LogP contribution in [0.1, 0.15) is 375 Å². The van der Waals surface area contributed by atoms with Crippen LogP contribution in [0.5, 0.6) is 0 Å². The summed E-state index contributed by atoms with van der Waals surface area (Å²) in [5.74, 6) is 4.36. The molecule has 522 valence electrons.